The Bertz CT molecular complexity index is 554. The van der Waals surface area contributed by atoms with Crippen LogP contribution in [0.15, 0.2) is 22.3 Å². The first kappa shape index (κ1) is 14.6. The molecule has 2 nitrogen and oxygen atoms in total. The Hall–Kier alpha value is -0.850. The Morgan fingerprint density at radius 2 is 1.84 bits per heavy atom. The SMILES string of the molecule is CSN1C=NC(Cl)=C(c2c(F)cc(F)cc2F)C1Cl. The summed E-state index contributed by atoms with van der Waals surface area (Å²) in [5.74, 6) is -3.16. The highest BCUT2D eigenvalue weighted by Gasteiger charge is 2.30. The van der Waals surface area contributed by atoms with E-state index in [4.69, 9.17) is 23.2 Å². The van der Waals surface area contributed by atoms with E-state index in [0.717, 1.165) is 0 Å². The summed E-state index contributed by atoms with van der Waals surface area (Å²) in [6.07, 6.45) is 3.07. The molecule has 0 aliphatic carbocycles. The molecule has 1 aliphatic rings. The first-order valence-electron chi connectivity index (χ1n) is 5.01. The van der Waals surface area contributed by atoms with E-state index in [9.17, 15) is 13.2 Å². The Kier molecular flexibility index (Phi) is 4.32. The molecule has 1 heterocycles. The third-order valence-electron chi connectivity index (χ3n) is 2.46. The molecule has 0 radical (unpaired) electrons. The summed E-state index contributed by atoms with van der Waals surface area (Å²) in [5.41, 5.74) is -1.41. The zero-order valence-electron chi connectivity index (χ0n) is 9.50. The largest absolute Gasteiger partial charge is 0.285 e. The fourth-order valence-corrected chi connectivity index (χ4v) is 2.85. The van der Waals surface area contributed by atoms with Gasteiger partial charge in [0.25, 0.3) is 0 Å². The molecular weight excluding hydrogens is 320 g/mol. The molecule has 1 aliphatic heterocycles. The van der Waals surface area contributed by atoms with Gasteiger partial charge < -0.3 is 0 Å². The molecular formula is C11H7Cl2F3N2S. The van der Waals surface area contributed by atoms with Gasteiger partial charge in [0.15, 0.2) is 0 Å². The summed E-state index contributed by atoms with van der Waals surface area (Å²) < 4.78 is 41.9. The molecule has 1 aromatic rings. The second-order valence-corrected chi connectivity index (χ2v) is 5.13. The van der Waals surface area contributed by atoms with Gasteiger partial charge in [0.1, 0.15) is 34.4 Å². The van der Waals surface area contributed by atoms with Crippen molar-refractivity contribution < 1.29 is 13.2 Å². The molecule has 0 N–H and O–H groups in total. The van der Waals surface area contributed by atoms with E-state index in [0.29, 0.717) is 12.1 Å². The highest BCUT2D eigenvalue weighted by atomic mass is 35.5. The van der Waals surface area contributed by atoms with Crippen LogP contribution in [0.25, 0.3) is 5.57 Å². The van der Waals surface area contributed by atoms with Crippen molar-refractivity contribution in [3.05, 3.63) is 40.3 Å². The van der Waals surface area contributed by atoms with Gasteiger partial charge >= 0.3 is 0 Å². The smallest absolute Gasteiger partial charge is 0.144 e. The molecule has 0 bridgehead atoms. The van der Waals surface area contributed by atoms with Gasteiger partial charge in [0.2, 0.25) is 0 Å². The lowest BCUT2D eigenvalue weighted by Gasteiger charge is -2.28. The van der Waals surface area contributed by atoms with Crippen LogP contribution in [0.1, 0.15) is 5.56 Å². The summed E-state index contributed by atoms with van der Waals surface area (Å²) in [6, 6.07) is 1.14. The third-order valence-corrected chi connectivity index (χ3v) is 4.03. The van der Waals surface area contributed by atoms with Crippen LogP contribution in [0.5, 0.6) is 0 Å². The predicted molar refractivity (Wildman–Crippen MR) is 72.6 cm³/mol. The van der Waals surface area contributed by atoms with Crippen LogP contribution >= 0.6 is 35.1 Å². The number of hydrogen-bond donors (Lipinski definition) is 0. The van der Waals surface area contributed by atoms with E-state index in [1.54, 1.807) is 6.26 Å². The van der Waals surface area contributed by atoms with Crippen LogP contribution in [0.3, 0.4) is 0 Å². The molecule has 0 saturated heterocycles. The van der Waals surface area contributed by atoms with Crippen molar-refractivity contribution in [3.8, 4) is 0 Å². The summed E-state index contributed by atoms with van der Waals surface area (Å²) in [5, 5.41) is -0.130. The van der Waals surface area contributed by atoms with E-state index >= 15 is 0 Å². The molecule has 0 spiro atoms. The van der Waals surface area contributed by atoms with Gasteiger partial charge in [-0.05, 0) is 0 Å². The topological polar surface area (TPSA) is 15.6 Å². The van der Waals surface area contributed by atoms with E-state index in [-0.39, 0.29) is 10.7 Å². The van der Waals surface area contributed by atoms with Crippen molar-refractivity contribution in [1.29, 1.82) is 0 Å². The Morgan fingerprint density at radius 3 is 2.37 bits per heavy atom. The van der Waals surface area contributed by atoms with E-state index in [1.165, 1.54) is 22.6 Å². The first-order chi connectivity index (χ1) is 8.95. The van der Waals surface area contributed by atoms with Crippen molar-refractivity contribution >= 4 is 47.1 Å². The number of nitrogens with zero attached hydrogens (tertiary/aromatic N) is 2. The fraction of sp³-hybridized carbons (Fsp3) is 0.182. The van der Waals surface area contributed by atoms with Crippen LogP contribution < -0.4 is 0 Å². The molecule has 19 heavy (non-hydrogen) atoms. The fourth-order valence-electron chi connectivity index (χ4n) is 1.62. The Balaban J connectivity index is 2.60. The van der Waals surface area contributed by atoms with Crippen LogP contribution in [-0.2, 0) is 0 Å². The van der Waals surface area contributed by atoms with Crippen LogP contribution in [-0.4, -0.2) is 22.4 Å². The van der Waals surface area contributed by atoms with Gasteiger partial charge in [-0.25, -0.2) is 18.2 Å². The summed E-state index contributed by atoms with van der Waals surface area (Å²) in [6.45, 7) is 0. The maximum atomic E-state index is 13.8. The maximum Gasteiger partial charge on any atom is 0.144 e. The summed E-state index contributed by atoms with van der Waals surface area (Å²) >= 11 is 13.2. The molecule has 102 valence electrons. The van der Waals surface area contributed by atoms with E-state index in [2.05, 4.69) is 4.99 Å². The molecule has 8 heteroatoms. The normalized spacial score (nSPS) is 19.3. The number of benzene rings is 1. The average Bonchev–Trinajstić information content (AvgIpc) is 2.32. The maximum absolute atomic E-state index is 13.8. The zero-order valence-corrected chi connectivity index (χ0v) is 11.8. The third kappa shape index (κ3) is 2.70. The minimum Gasteiger partial charge on any atom is -0.285 e. The van der Waals surface area contributed by atoms with Crippen LogP contribution in [0.2, 0.25) is 0 Å². The van der Waals surface area contributed by atoms with Crippen molar-refractivity contribution in [2.24, 2.45) is 4.99 Å². The number of aliphatic imine (C=N–C) groups is 1. The minimum absolute atomic E-state index is 0.0322. The molecule has 0 saturated carbocycles. The molecule has 0 aromatic heterocycles. The monoisotopic (exact) mass is 326 g/mol. The molecule has 1 atom stereocenters. The number of hydrogen-bond acceptors (Lipinski definition) is 3. The standard InChI is InChI=1S/C11H7Cl2F3N2S/c1-19-18-4-17-10(12)9(11(18)13)8-6(15)2-5(14)3-7(8)16/h2-4,11H,1H3. The highest BCUT2D eigenvalue weighted by Crippen LogP contribution is 2.37. The minimum atomic E-state index is -1.07. The predicted octanol–water partition coefficient (Wildman–Crippen LogP) is 4.20. The van der Waals surface area contributed by atoms with Crippen LogP contribution in [0, 0.1) is 17.5 Å². The lowest BCUT2D eigenvalue weighted by Crippen LogP contribution is -2.28. The quantitative estimate of drug-likeness (QED) is 0.460. The van der Waals surface area contributed by atoms with Crippen molar-refractivity contribution in [2.45, 2.75) is 5.50 Å². The second kappa shape index (κ2) is 5.64. The van der Waals surface area contributed by atoms with E-state index < -0.39 is 28.5 Å². The molecule has 1 unspecified atom stereocenters. The van der Waals surface area contributed by atoms with Gasteiger partial charge in [-0.3, -0.25) is 4.31 Å². The zero-order chi connectivity index (χ0) is 14.2. The van der Waals surface area contributed by atoms with Gasteiger partial charge in [0.05, 0.1) is 5.56 Å². The molecule has 0 fully saturated rings. The Labute approximate surface area is 122 Å². The number of halogens is 5. The first-order valence-corrected chi connectivity index (χ1v) is 7.00. The van der Waals surface area contributed by atoms with Crippen molar-refractivity contribution in [1.82, 2.24) is 4.31 Å². The molecule has 2 rings (SSSR count). The lowest BCUT2D eigenvalue weighted by atomic mass is 10.0. The summed E-state index contributed by atoms with van der Waals surface area (Å²) in [4.78, 5) is 3.81. The van der Waals surface area contributed by atoms with Gasteiger partial charge in [-0.2, -0.15) is 0 Å². The second-order valence-electron chi connectivity index (χ2n) is 3.57. The van der Waals surface area contributed by atoms with Crippen LogP contribution in [0.4, 0.5) is 13.2 Å². The number of rotatable bonds is 2. The summed E-state index contributed by atoms with van der Waals surface area (Å²) in [7, 11) is 0. The van der Waals surface area contributed by atoms with Gasteiger partial charge in [-0.15, -0.1) is 0 Å². The van der Waals surface area contributed by atoms with Crippen molar-refractivity contribution in [3.63, 3.8) is 0 Å². The highest BCUT2D eigenvalue weighted by molar-refractivity contribution is 7.96. The van der Waals surface area contributed by atoms with Gasteiger partial charge in [-0.1, -0.05) is 35.1 Å². The lowest BCUT2D eigenvalue weighted by molar-refractivity contribution is 0.536. The number of alkyl halides is 1. The van der Waals surface area contributed by atoms with Gasteiger partial charge in [0, 0.05) is 24.0 Å². The van der Waals surface area contributed by atoms with E-state index in [1.807, 2.05) is 0 Å². The molecule has 1 aromatic carbocycles. The Morgan fingerprint density at radius 1 is 1.26 bits per heavy atom. The molecule has 0 amide bonds. The van der Waals surface area contributed by atoms with Crippen molar-refractivity contribution in [2.75, 3.05) is 6.26 Å². The average molecular weight is 327 g/mol.